The highest BCUT2D eigenvalue weighted by molar-refractivity contribution is 5.81. The Hall–Kier alpha value is -2.80. The van der Waals surface area contributed by atoms with Crippen molar-refractivity contribution in [3.8, 4) is 11.5 Å². The van der Waals surface area contributed by atoms with Crippen LogP contribution in [0.1, 0.15) is 80.5 Å². The minimum absolute atomic E-state index is 0.132. The second kappa shape index (κ2) is 10.00. The van der Waals surface area contributed by atoms with E-state index >= 15 is 0 Å². The molecule has 1 atom stereocenters. The van der Waals surface area contributed by atoms with Gasteiger partial charge in [-0.05, 0) is 50.7 Å². The van der Waals surface area contributed by atoms with Gasteiger partial charge in [0.1, 0.15) is 17.6 Å². The predicted octanol–water partition coefficient (Wildman–Crippen LogP) is 5.36. The first-order valence-corrected chi connectivity index (χ1v) is 12.0. The molecule has 0 N–H and O–H groups in total. The van der Waals surface area contributed by atoms with Crippen LogP contribution in [0.3, 0.4) is 0 Å². The minimum atomic E-state index is -0.433. The fourth-order valence-electron chi connectivity index (χ4n) is 4.27. The van der Waals surface area contributed by atoms with E-state index in [2.05, 4.69) is 59.7 Å². The first-order valence-electron chi connectivity index (χ1n) is 12.0. The minimum Gasteiger partial charge on any atom is -0.370 e. The van der Waals surface area contributed by atoms with Crippen molar-refractivity contribution in [3.63, 3.8) is 0 Å². The molecule has 0 spiro atoms. The number of benzene rings is 1. The third kappa shape index (κ3) is 5.58. The predicted molar refractivity (Wildman–Crippen MR) is 126 cm³/mol. The molecule has 33 heavy (non-hydrogen) atoms. The van der Waals surface area contributed by atoms with Crippen molar-refractivity contribution in [2.75, 3.05) is 6.61 Å². The number of hydrogen-bond acceptors (Lipinski definition) is 6. The summed E-state index contributed by atoms with van der Waals surface area (Å²) < 4.78 is 13.7. The van der Waals surface area contributed by atoms with Gasteiger partial charge in [-0.2, -0.15) is 0 Å². The molecule has 1 aliphatic carbocycles. The number of hydrogen-bond donors (Lipinski definition) is 0. The lowest BCUT2D eigenvalue weighted by molar-refractivity contribution is -0.121. The summed E-state index contributed by atoms with van der Waals surface area (Å²) >= 11 is 0. The van der Waals surface area contributed by atoms with Gasteiger partial charge in [0.25, 0.3) is 0 Å². The number of carbonyl (C=O) groups excluding carboxylic acids is 1. The number of nitrogens with zero attached hydrogens (tertiary/aromatic N) is 4. The Kier molecular flexibility index (Phi) is 7.08. The number of aryl methyl sites for hydroxylation is 2. The second-order valence-corrected chi connectivity index (χ2v) is 9.55. The summed E-state index contributed by atoms with van der Waals surface area (Å²) in [7, 11) is 0. The Morgan fingerprint density at radius 2 is 2.00 bits per heavy atom. The van der Waals surface area contributed by atoms with Crippen molar-refractivity contribution in [1.29, 1.82) is 0 Å². The van der Waals surface area contributed by atoms with Gasteiger partial charge >= 0.3 is 0 Å². The molecule has 0 radical (unpaired) electrons. The van der Waals surface area contributed by atoms with Crippen LogP contribution in [0.5, 0.6) is 0 Å². The third-order valence-electron chi connectivity index (χ3n) is 5.99. The Labute approximate surface area is 195 Å². The molecule has 2 heterocycles. The average Bonchev–Trinajstić information content (AvgIpc) is 3.32. The van der Waals surface area contributed by atoms with Gasteiger partial charge in [0, 0.05) is 38.0 Å². The summed E-state index contributed by atoms with van der Waals surface area (Å²) in [6.07, 6.45) is 3.17. The molecular formula is C26H34N4O3. The second-order valence-electron chi connectivity index (χ2n) is 9.55. The van der Waals surface area contributed by atoms with E-state index in [4.69, 9.17) is 9.26 Å². The fraction of sp³-hybridized carbons (Fsp3) is 0.538. The van der Waals surface area contributed by atoms with Crippen LogP contribution in [0.2, 0.25) is 0 Å². The topological polar surface area (TPSA) is 83.0 Å². The maximum absolute atomic E-state index is 13.0. The first-order chi connectivity index (χ1) is 15.9. The molecule has 4 rings (SSSR count). The molecule has 1 aliphatic rings. The van der Waals surface area contributed by atoms with Crippen molar-refractivity contribution < 1.29 is 14.1 Å². The lowest BCUT2D eigenvalue weighted by atomic mass is 9.98. The van der Waals surface area contributed by atoms with Crippen molar-refractivity contribution >= 4 is 5.78 Å². The van der Waals surface area contributed by atoms with Crippen molar-refractivity contribution in [3.05, 3.63) is 52.5 Å². The quantitative estimate of drug-likeness (QED) is 0.391. The Bertz CT molecular complexity index is 1110. The van der Waals surface area contributed by atoms with Gasteiger partial charge < -0.3 is 13.8 Å². The zero-order valence-corrected chi connectivity index (χ0v) is 20.3. The van der Waals surface area contributed by atoms with Gasteiger partial charge in [-0.15, -0.1) is 10.2 Å². The number of ketones is 1. The van der Waals surface area contributed by atoms with E-state index in [0.717, 1.165) is 36.1 Å². The smallest absolute Gasteiger partial charge is 0.186 e. The fourth-order valence-corrected chi connectivity index (χ4v) is 4.27. The maximum Gasteiger partial charge on any atom is 0.186 e. The van der Waals surface area contributed by atoms with E-state index in [9.17, 15) is 4.79 Å². The molecule has 1 fully saturated rings. The van der Waals surface area contributed by atoms with Gasteiger partial charge in [-0.3, -0.25) is 4.79 Å². The van der Waals surface area contributed by atoms with Gasteiger partial charge in [0.2, 0.25) is 0 Å². The van der Waals surface area contributed by atoms with Crippen LogP contribution in [0, 0.1) is 19.8 Å². The van der Waals surface area contributed by atoms with Crippen LogP contribution in [-0.4, -0.2) is 32.3 Å². The highest BCUT2D eigenvalue weighted by Gasteiger charge is 2.34. The van der Waals surface area contributed by atoms with E-state index in [1.807, 2.05) is 19.1 Å². The molecule has 3 aromatic rings. The molecule has 2 aromatic heterocycles. The zero-order valence-electron chi connectivity index (χ0n) is 20.3. The molecule has 0 unspecified atom stereocenters. The number of Topliss-reactive ketones (excluding diaryl/α,β-unsaturated/α-hetero) is 1. The van der Waals surface area contributed by atoms with Crippen LogP contribution in [-0.2, 0) is 22.4 Å². The molecule has 0 amide bonds. The Balaban J connectivity index is 1.57. The maximum atomic E-state index is 13.0. The first kappa shape index (κ1) is 23.4. The lowest BCUT2D eigenvalue weighted by Crippen LogP contribution is -2.17. The highest BCUT2D eigenvalue weighted by Crippen LogP contribution is 2.41. The molecule has 0 bridgehead atoms. The number of carbonyl (C=O) groups is 1. The molecular weight excluding hydrogens is 416 g/mol. The van der Waals surface area contributed by atoms with Crippen molar-refractivity contribution in [2.24, 2.45) is 5.92 Å². The Morgan fingerprint density at radius 3 is 2.67 bits per heavy atom. The Morgan fingerprint density at radius 1 is 1.21 bits per heavy atom. The normalized spacial score (nSPS) is 14.7. The zero-order chi connectivity index (χ0) is 23.5. The van der Waals surface area contributed by atoms with Gasteiger partial charge in [0.05, 0.1) is 0 Å². The van der Waals surface area contributed by atoms with Gasteiger partial charge in [0.15, 0.2) is 17.3 Å². The van der Waals surface area contributed by atoms with E-state index in [1.165, 1.54) is 5.56 Å². The summed E-state index contributed by atoms with van der Waals surface area (Å²) in [4.78, 5) is 13.0. The summed E-state index contributed by atoms with van der Waals surface area (Å²) in [6.45, 7) is 10.8. The number of aromatic nitrogens is 4. The molecule has 0 saturated heterocycles. The monoisotopic (exact) mass is 450 g/mol. The van der Waals surface area contributed by atoms with Gasteiger partial charge in [-0.1, -0.05) is 42.8 Å². The van der Waals surface area contributed by atoms with Crippen LogP contribution in [0.25, 0.3) is 11.5 Å². The van der Waals surface area contributed by atoms with Crippen LogP contribution in [0.15, 0.2) is 28.8 Å². The van der Waals surface area contributed by atoms with Gasteiger partial charge in [-0.25, -0.2) is 0 Å². The molecule has 7 heteroatoms. The van der Waals surface area contributed by atoms with Crippen molar-refractivity contribution in [1.82, 2.24) is 19.9 Å². The van der Waals surface area contributed by atoms with Crippen LogP contribution >= 0.6 is 0 Å². The molecule has 1 saturated carbocycles. The van der Waals surface area contributed by atoms with E-state index in [-0.39, 0.29) is 12.2 Å². The SMILES string of the molecule is CCO[C@@H](CC(=O)Cc1ccc(C)cc1C)c1nnc(-c2cc(CC(C)C)on2)n1C1CC1. The molecule has 1 aromatic carbocycles. The van der Waals surface area contributed by atoms with Crippen LogP contribution < -0.4 is 0 Å². The molecule has 176 valence electrons. The number of ether oxygens (including phenoxy) is 1. The average molecular weight is 451 g/mol. The molecule has 7 nitrogen and oxygen atoms in total. The van der Waals surface area contributed by atoms with Crippen LogP contribution in [0.4, 0.5) is 0 Å². The van der Waals surface area contributed by atoms with E-state index < -0.39 is 6.10 Å². The van der Waals surface area contributed by atoms with Crippen molar-refractivity contribution in [2.45, 2.75) is 78.9 Å². The van der Waals surface area contributed by atoms with E-state index in [1.54, 1.807) is 0 Å². The summed E-state index contributed by atoms with van der Waals surface area (Å²) in [5.41, 5.74) is 4.09. The van der Waals surface area contributed by atoms with E-state index in [0.29, 0.717) is 42.3 Å². The lowest BCUT2D eigenvalue weighted by Gasteiger charge is -2.18. The standard InChI is InChI=1S/C26H34N4O3/c1-6-32-24(14-21(31)13-19-8-7-17(4)12-18(19)5)26-28-27-25(30(26)20-9-10-20)23-15-22(33-29-23)11-16(2)3/h7-8,12,15-16,20,24H,6,9-11,13-14H2,1-5H3/t24-/m0/s1. The summed E-state index contributed by atoms with van der Waals surface area (Å²) in [5, 5.41) is 13.2. The largest absolute Gasteiger partial charge is 0.370 e. The highest BCUT2D eigenvalue weighted by atomic mass is 16.5. The summed E-state index contributed by atoms with van der Waals surface area (Å²) in [6, 6.07) is 8.48. The number of rotatable bonds is 11. The summed E-state index contributed by atoms with van der Waals surface area (Å²) in [5.74, 6) is 2.85. The molecule has 0 aliphatic heterocycles. The third-order valence-corrected chi connectivity index (χ3v) is 5.99.